The minimum absolute atomic E-state index is 0.596. The predicted molar refractivity (Wildman–Crippen MR) is 76.9 cm³/mol. The van der Waals surface area contributed by atoms with Gasteiger partial charge >= 0.3 is 0 Å². The van der Waals surface area contributed by atoms with Gasteiger partial charge in [0.05, 0.1) is 9.26 Å². The Morgan fingerprint density at radius 1 is 1.31 bits per heavy atom. The molecule has 0 N–H and O–H groups in total. The highest BCUT2D eigenvalue weighted by Crippen LogP contribution is 2.21. The molecule has 0 saturated carbocycles. The highest BCUT2D eigenvalue weighted by molar-refractivity contribution is 14.1. The highest BCUT2D eigenvalue weighted by Gasteiger charge is 2.11. The Balaban J connectivity index is 2.92. The van der Waals surface area contributed by atoms with Crippen molar-refractivity contribution in [3.63, 3.8) is 0 Å². The van der Waals surface area contributed by atoms with E-state index in [4.69, 9.17) is 11.6 Å². The van der Waals surface area contributed by atoms with E-state index in [1.165, 1.54) is 0 Å². The van der Waals surface area contributed by atoms with Gasteiger partial charge in [-0.05, 0) is 41.4 Å². The molecule has 16 heavy (non-hydrogen) atoms. The third-order valence-electron chi connectivity index (χ3n) is 2.28. The average Bonchev–Trinajstić information content (AvgIpc) is 2.21. The largest absolute Gasteiger partial charge is 0.237 e. The Kier molecular flexibility index (Phi) is 5.97. The summed E-state index contributed by atoms with van der Waals surface area (Å²) in [5.41, 5.74) is 1.10. The van der Waals surface area contributed by atoms with E-state index in [2.05, 4.69) is 53.3 Å². The van der Waals surface area contributed by atoms with E-state index >= 15 is 0 Å². The van der Waals surface area contributed by atoms with E-state index in [-0.39, 0.29) is 0 Å². The van der Waals surface area contributed by atoms with Gasteiger partial charge < -0.3 is 0 Å². The molecule has 0 saturated heterocycles. The van der Waals surface area contributed by atoms with E-state index in [0.29, 0.717) is 11.1 Å². The molecule has 0 aromatic carbocycles. The first-order chi connectivity index (χ1) is 7.54. The summed E-state index contributed by atoms with van der Waals surface area (Å²) in [5.74, 6) is 1.49. The van der Waals surface area contributed by atoms with Gasteiger partial charge in [-0.2, -0.15) is 0 Å². The maximum absolute atomic E-state index is 6.12. The first kappa shape index (κ1) is 14.2. The molecule has 2 nitrogen and oxygen atoms in total. The summed E-state index contributed by atoms with van der Waals surface area (Å²) in [7, 11) is 0. The molecule has 0 aliphatic heterocycles. The fourth-order valence-corrected chi connectivity index (χ4v) is 2.15. The molecular formula is C12H18ClIN2. The number of nitrogens with zero attached hydrogens (tertiary/aromatic N) is 2. The number of aromatic nitrogens is 2. The minimum Gasteiger partial charge on any atom is -0.237 e. The van der Waals surface area contributed by atoms with Crippen LogP contribution in [0.5, 0.6) is 0 Å². The van der Waals surface area contributed by atoms with Crippen LogP contribution in [0.25, 0.3) is 0 Å². The van der Waals surface area contributed by atoms with Crippen LogP contribution in [-0.2, 0) is 12.8 Å². The maximum Gasteiger partial charge on any atom is 0.146 e. The Bertz CT molecular complexity index is 353. The van der Waals surface area contributed by atoms with Crippen molar-refractivity contribution in [1.29, 1.82) is 0 Å². The van der Waals surface area contributed by atoms with Gasteiger partial charge in [0.25, 0.3) is 0 Å². The molecule has 4 heteroatoms. The van der Waals surface area contributed by atoms with Crippen molar-refractivity contribution in [3.05, 3.63) is 20.2 Å². The number of rotatable bonds is 5. The van der Waals surface area contributed by atoms with Crippen molar-refractivity contribution in [2.24, 2.45) is 5.92 Å². The van der Waals surface area contributed by atoms with E-state index in [9.17, 15) is 0 Å². The van der Waals surface area contributed by atoms with Crippen molar-refractivity contribution in [2.45, 2.75) is 46.5 Å². The molecular weight excluding hydrogens is 335 g/mol. The van der Waals surface area contributed by atoms with Gasteiger partial charge in [0.15, 0.2) is 0 Å². The van der Waals surface area contributed by atoms with Gasteiger partial charge in [0, 0.05) is 6.42 Å². The molecule has 1 heterocycles. The fourth-order valence-electron chi connectivity index (χ4n) is 1.48. The molecule has 0 amide bonds. The van der Waals surface area contributed by atoms with E-state index in [1.807, 2.05) is 0 Å². The van der Waals surface area contributed by atoms with Gasteiger partial charge in [-0.15, -0.1) is 0 Å². The van der Waals surface area contributed by atoms with Crippen LogP contribution in [0, 0.1) is 9.49 Å². The normalized spacial score (nSPS) is 11.1. The zero-order chi connectivity index (χ0) is 12.1. The van der Waals surface area contributed by atoms with Crippen LogP contribution >= 0.6 is 34.2 Å². The van der Waals surface area contributed by atoms with Crippen LogP contribution in [-0.4, -0.2) is 9.97 Å². The second-order valence-electron chi connectivity index (χ2n) is 4.39. The third-order valence-corrected chi connectivity index (χ3v) is 4.01. The predicted octanol–water partition coefficient (Wildman–Crippen LogP) is 4.28. The van der Waals surface area contributed by atoms with Gasteiger partial charge in [-0.3, -0.25) is 0 Å². The number of hydrogen-bond acceptors (Lipinski definition) is 2. The number of hydrogen-bond donors (Lipinski definition) is 0. The molecule has 0 radical (unpaired) electrons. The molecule has 0 aliphatic carbocycles. The summed E-state index contributed by atoms with van der Waals surface area (Å²) in [5, 5.41) is 0.609. The summed E-state index contributed by atoms with van der Waals surface area (Å²) in [6.45, 7) is 6.55. The molecule has 1 aromatic heterocycles. The number of aryl methyl sites for hydroxylation is 1. The standard InChI is InChI=1S/C12H18ClIN2/c1-4-5-6-10-15-9(7-8(2)3)11(14)12(13)16-10/h8H,4-7H2,1-3H3. The molecule has 90 valence electrons. The lowest BCUT2D eigenvalue weighted by atomic mass is 10.1. The van der Waals surface area contributed by atoms with Gasteiger partial charge in [-0.25, -0.2) is 9.97 Å². The topological polar surface area (TPSA) is 25.8 Å². The molecule has 0 bridgehead atoms. The van der Waals surface area contributed by atoms with Crippen LogP contribution in [0.1, 0.15) is 45.1 Å². The van der Waals surface area contributed by atoms with Crippen molar-refractivity contribution in [3.8, 4) is 0 Å². The summed E-state index contributed by atoms with van der Waals surface area (Å²) >= 11 is 8.36. The Morgan fingerprint density at radius 3 is 2.56 bits per heavy atom. The molecule has 0 atom stereocenters. The molecule has 1 aromatic rings. The first-order valence-electron chi connectivity index (χ1n) is 5.75. The maximum atomic E-state index is 6.12. The second kappa shape index (κ2) is 6.74. The summed E-state index contributed by atoms with van der Waals surface area (Å²) in [6, 6.07) is 0. The quantitative estimate of drug-likeness (QED) is 0.584. The Hall–Kier alpha value is 0.1000. The second-order valence-corrected chi connectivity index (χ2v) is 5.83. The van der Waals surface area contributed by atoms with Crippen molar-refractivity contribution < 1.29 is 0 Å². The third kappa shape index (κ3) is 4.17. The van der Waals surface area contributed by atoms with Crippen LogP contribution in [0.4, 0.5) is 0 Å². The summed E-state index contributed by atoms with van der Waals surface area (Å²) < 4.78 is 1.01. The molecule has 0 unspecified atom stereocenters. The van der Waals surface area contributed by atoms with E-state index in [0.717, 1.165) is 40.8 Å². The van der Waals surface area contributed by atoms with Gasteiger partial charge in [0.1, 0.15) is 11.0 Å². The smallest absolute Gasteiger partial charge is 0.146 e. The van der Waals surface area contributed by atoms with Crippen molar-refractivity contribution >= 4 is 34.2 Å². The molecule has 0 aliphatic rings. The lowest BCUT2D eigenvalue weighted by Gasteiger charge is -2.09. The molecule has 1 rings (SSSR count). The van der Waals surface area contributed by atoms with Crippen molar-refractivity contribution in [1.82, 2.24) is 9.97 Å². The summed E-state index contributed by atoms with van der Waals surface area (Å²) in [6.07, 6.45) is 4.18. The van der Waals surface area contributed by atoms with E-state index in [1.54, 1.807) is 0 Å². The van der Waals surface area contributed by atoms with E-state index < -0.39 is 0 Å². The lowest BCUT2D eigenvalue weighted by Crippen LogP contribution is -2.06. The van der Waals surface area contributed by atoms with Crippen molar-refractivity contribution in [2.75, 3.05) is 0 Å². The monoisotopic (exact) mass is 352 g/mol. The fraction of sp³-hybridized carbons (Fsp3) is 0.667. The Labute approximate surface area is 116 Å². The lowest BCUT2D eigenvalue weighted by molar-refractivity contribution is 0.624. The summed E-state index contributed by atoms with van der Waals surface area (Å²) in [4.78, 5) is 8.93. The van der Waals surface area contributed by atoms with Crippen LogP contribution < -0.4 is 0 Å². The number of unbranched alkanes of at least 4 members (excludes halogenated alkanes) is 1. The minimum atomic E-state index is 0.596. The zero-order valence-corrected chi connectivity index (χ0v) is 13.0. The average molecular weight is 353 g/mol. The number of halogens is 2. The van der Waals surface area contributed by atoms with Gasteiger partial charge in [-0.1, -0.05) is 38.8 Å². The van der Waals surface area contributed by atoms with Gasteiger partial charge in [0.2, 0.25) is 0 Å². The van der Waals surface area contributed by atoms with Crippen LogP contribution in [0.3, 0.4) is 0 Å². The van der Waals surface area contributed by atoms with Crippen LogP contribution in [0.15, 0.2) is 0 Å². The first-order valence-corrected chi connectivity index (χ1v) is 7.21. The molecule has 0 fully saturated rings. The zero-order valence-electron chi connectivity index (χ0n) is 10.1. The Morgan fingerprint density at radius 2 is 2.00 bits per heavy atom. The highest BCUT2D eigenvalue weighted by atomic mass is 127. The SMILES string of the molecule is CCCCc1nc(Cl)c(I)c(CC(C)C)n1. The molecule has 0 spiro atoms. The van der Waals surface area contributed by atoms with Crippen LogP contribution in [0.2, 0.25) is 5.15 Å².